The minimum Gasteiger partial charge on any atom is -0.508 e. The van der Waals surface area contributed by atoms with Crippen molar-refractivity contribution in [1.82, 2.24) is 5.43 Å². The molecule has 5 heteroatoms. The van der Waals surface area contributed by atoms with Gasteiger partial charge in [0, 0.05) is 12.0 Å². The minimum atomic E-state index is -0.323. The molecule has 1 atom stereocenters. The third-order valence-electron chi connectivity index (χ3n) is 2.97. The highest BCUT2D eigenvalue weighted by Crippen LogP contribution is 2.22. The van der Waals surface area contributed by atoms with Crippen molar-refractivity contribution in [3.05, 3.63) is 41.2 Å². The van der Waals surface area contributed by atoms with Crippen molar-refractivity contribution in [2.45, 2.75) is 26.4 Å². The minimum absolute atomic E-state index is 0.111. The molecule has 1 aromatic rings. The van der Waals surface area contributed by atoms with Gasteiger partial charge in [0.2, 0.25) is 0 Å². The third kappa shape index (κ3) is 3.34. The van der Waals surface area contributed by atoms with Gasteiger partial charge in [-0.2, -0.15) is 5.10 Å². The molecular weight excluding hydrogens is 244 g/mol. The Kier molecular flexibility index (Phi) is 3.85. The Labute approximate surface area is 111 Å². The Morgan fingerprint density at radius 2 is 2.11 bits per heavy atom. The monoisotopic (exact) mass is 260 g/mol. The number of hydrogen-bond acceptors (Lipinski definition) is 4. The number of nitrogens with one attached hydrogen (secondary N) is 1. The zero-order valence-electron chi connectivity index (χ0n) is 10.9. The fraction of sp³-hybridized carbons (Fsp3) is 0.286. The molecule has 0 spiro atoms. The van der Waals surface area contributed by atoms with Gasteiger partial charge in [0.1, 0.15) is 11.9 Å². The van der Waals surface area contributed by atoms with Crippen molar-refractivity contribution in [3.63, 3.8) is 0 Å². The quantitative estimate of drug-likeness (QED) is 0.646. The van der Waals surface area contributed by atoms with Gasteiger partial charge in [-0.05, 0) is 43.7 Å². The summed E-state index contributed by atoms with van der Waals surface area (Å²) in [7, 11) is 0. The highest BCUT2D eigenvalue weighted by molar-refractivity contribution is 5.94. The summed E-state index contributed by atoms with van der Waals surface area (Å²) < 4.78 is 5.52. The zero-order chi connectivity index (χ0) is 13.8. The number of carbonyl (C=O) groups excluding carboxylic acids is 1. The van der Waals surface area contributed by atoms with E-state index in [2.05, 4.69) is 10.5 Å². The van der Waals surface area contributed by atoms with Crippen molar-refractivity contribution in [2.75, 3.05) is 0 Å². The maximum absolute atomic E-state index is 11.7. The number of benzene rings is 1. The Balaban J connectivity index is 1.86. The van der Waals surface area contributed by atoms with Gasteiger partial charge in [-0.1, -0.05) is 0 Å². The molecule has 0 bridgehead atoms. The molecule has 0 saturated carbocycles. The van der Waals surface area contributed by atoms with Crippen LogP contribution in [0.2, 0.25) is 0 Å². The Bertz CT molecular complexity index is 518. The fourth-order valence-electron chi connectivity index (χ4n) is 1.75. The van der Waals surface area contributed by atoms with E-state index in [9.17, 15) is 4.79 Å². The fourth-order valence-corrected chi connectivity index (χ4v) is 1.75. The highest BCUT2D eigenvalue weighted by Gasteiger charge is 2.18. The van der Waals surface area contributed by atoms with Gasteiger partial charge in [0.15, 0.2) is 0 Å². The summed E-state index contributed by atoms with van der Waals surface area (Å²) in [5.74, 6) is 0.716. The lowest BCUT2D eigenvalue weighted by atomic mass is 10.2. The molecule has 1 aliphatic rings. The van der Waals surface area contributed by atoms with Crippen LogP contribution in [0.5, 0.6) is 5.75 Å². The Morgan fingerprint density at radius 1 is 1.42 bits per heavy atom. The second kappa shape index (κ2) is 5.56. The number of phenolic OH excluding ortho intramolecular Hbond substituents is 1. The molecule has 1 amide bonds. The van der Waals surface area contributed by atoms with Gasteiger partial charge in [0.05, 0.1) is 12.0 Å². The summed E-state index contributed by atoms with van der Waals surface area (Å²) in [4.78, 5) is 11.7. The average molecular weight is 260 g/mol. The molecule has 2 N–H and O–H groups in total. The third-order valence-corrected chi connectivity index (χ3v) is 2.97. The van der Waals surface area contributed by atoms with E-state index in [0.717, 1.165) is 12.2 Å². The maximum atomic E-state index is 11.7. The normalized spacial score (nSPS) is 18.7. The summed E-state index contributed by atoms with van der Waals surface area (Å²) >= 11 is 0. The van der Waals surface area contributed by atoms with E-state index >= 15 is 0 Å². The van der Waals surface area contributed by atoms with Crippen LogP contribution in [0.4, 0.5) is 0 Å². The molecule has 0 aliphatic carbocycles. The number of amides is 1. The Morgan fingerprint density at radius 3 is 2.68 bits per heavy atom. The number of nitrogens with zero attached hydrogens (tertiary/aromatic N) is 1. The molecule has 1 aliphatic heterocycles. The Hall–Kier alpha value is -2.30. The first kappa shape index (κ1) is 13.1. The summed E-state index contributed by atoms with van der Waals surface area (Å²) in [6.45, 7) is 3.93. The van der Waals surface area contributed by atoms with Gasteiger partial charge in [-0.25, -0.2) is 5.43 Å². The van der Waals surface area contributed by atoms with E-state index in [0.29, 0.717) is 5.56 Å². The van der Waals surface area contributed by atoms with Gasteiger partial charge < -0.3 is 9.84 Å². The number of allylic oxidation sites excluding steroid dienone is 1. The van der Waals surface area contributed by atoms with Crippen LogP contribution in [0, 0.1) is 0 Å². The van der Waals surface area contributed by atoms with Gasteiger partial charge in [0.25, 0.3) is 5.91 Å². The largest absolute Gasteiger partial charge is 0.508 e. The molecule has 19 heavy (non-hydrogen) atoms. The van der Waals surface area contributed by atoms with Crippen LogP contribution in [0.3, 0.4) is 0 Å². The first-order valence-electron chi connectivity index (χ1n) is 6.02. The van der Waals surface area contributed by atoms with Crippen LogP contribution in [0.15, 0.2) is 40.7 Å². The van der Waals surface area contributed by atoms with Crippen LogP contribution >= 0.6 is 0 Å². The maximum Gasteiger partial charge on any atom is 0.271 e. The number of rotatable bonds is 3. The molecule has 1 heterocycles. The zero-order valence-corrected chi connectivity index (χ0v) is 10.9. The second-order valence-corrected chi connectivity index (χ2v) is 4.46. The predicted molar refractivity (Wildman–Crippen MR) is 71.9 cm³/mol. The average Bonchev–Trinajstić information content (AvgIpc) is 2.69. The standard InChI is InChI=1S/C14H16N2O3/c1-9-7-13(19-10(9)2)8-15-16-14(18)11-3-5-12(17)6-4-11/h3-6,8,13,17H,7H2,1-2H3,(H,16,18)/b15-8+. The van der Waals surface area contributed by atoms with Crippen LogP contribution in [0.25, 0.3) is 0 Å². The smallest absolute Gasteiger partial charge is 0.271 e. The summed E-state index contributed by atoms with van der Waals surface area (Å²) in [6.07, 6.45) is 2.27. The predicted octanol–water partition coefficient (Wildman–Crippen LogP) is 2.19. The van der Waals surface area contributed by atoms with Gasteiger partial charge in [-0.3, -0.25) is 4.79 Å². The summed E-state index contributed by atoms with van der Waals surface area (Å²) in [6, 6.07) is 5.97. The van der Waals surface area contributed by atoms with Crippen molar-refractivity contribution in [2.24, 2.45) is 5.10 Å². The van der Waals surface area contributed by atoms with E-state index in [1.165, 1.54) is 29.8 Å². The molecular formula is C14H16N2O3. The van der Waals surface area contributed by atoms with Crippen LogP contribution in [-0.2, 0) is 4.74 Å². The molecule has 0 saturated heterocycles. The van der Waals surface area contributed by atoms with Crippen molar-refractivity contribution >= 4 is 12.1 Å². The molecule has 1 aromatic carbocycles. The first-order chi connectivity index (χ1) is 9.06. The molecule has 100 valence electrons. The SMILES string of the molecule is CC1=C(C)OC(/C=N/NC(=O)c2ccc(O)cc2)C1. The lowest BCUT2D eigenvalue weighted by Crippen LogP contribution is -2.19. The van der Waals surface area contributed by atoms with Gasteiger partial charge >= 0.3 is 0 Å². The number of aromatic hydroxyl groups is 1. The van der Waals surface area contributed by atoms with E-state index in [1.807, 2.05) is 13.8 Å². The van der Waals surface area contributed by atoms with E-state index in [-0.39, 0.29) is 17.8 Å². The second-order valence-electron chi connectivity index (χ2n) is 4.46. The number of phenols is 1. The van der Waals surface area contributed by atoms with Crippen LogP contribution in [-0.4, -0.2) is 23.3 Å². The van der Waals surface area contributed by atoms with E-state index in [4.69, 9.17) is 9.84 Å². The van der Waals surface area contributed by atoms with Crippen LogP contribution < -0.4 is 5.43 Å². The molecule has 5 nitrogen and oxygen atoms in total. The summed E-state index contributed by atoms with van der Waals surface area (Å²) in [5, 5.41) is 13.0. The molecule has 1 unspecified atom stereocenters. The lowest BCUT2D eigenvalue weighted by Gasteiger charge is -2.05. The topological polar surface area (TPSA) is 70.9 Å². The van der Waals surface area contributed by atoms with E-state index < -0.39 is 0 Å². The lowest BCUT2D eigenvalue weighted by molar-refractivity contribution is 0.0954. The molecule has 0 aromatic heterocycles. The number of hydrazone groups is 1. The van der Waals surface area contributed by atoms with Crippen molar-refractivity contribution in [1.29, 1.82) is 0 Å². The van der Waals surface area contributed by atoms with E-state index in [1.54, 1.807) is 6.21 Å². The molecule has 2 rings (SSSR count). The van der Waals surface area contributed by atoms with Gasteiger partial charge in [-0.15, -0.1) is 0 Å². The molecule has 0 radical (unpaired) electrons. The highest BCUT2D eigenvalue weighted by atomic mass is 16.5. The molecule has 0 fully saturated rings. The first-order valence-corrected chi connectivity index (χ1v) is 6.02. The number of ether oxygens (including phenoxy) is 1. The number of hydrogen-bond donors (Lipinski definition) is 2. The van der Waals surface area contributed by atoms with Crippen molar-refractivity contribution < 1.29 is 14.6 Å². The van der Waals surface area contributed by atoms with Crippen LogP contribution in [0.1, 0.15) is 30.6 Å². The number of carbonyl (C=O) groups is 1. The van der Waals surface area contributed by atoms with Crippen molar-refractivity contribution in [3.8, 4) is 5.75 Å². The summed E-state index contributed by atoms with van der Waals surface area (Å²) in [5.41, 5.74) is 4.06.